The van der Waals surface area contributed by atoms with E-state index in [0.29, 0.717) is 11.5 Å². The van der Waals surface area contributed by atoms with Crippen LogP contribution in [0.15, 0.2) is 18.2 Å². The van der Waals surface area contributed by atoms with Gasteiger partial charge in [0.2, 0.25) is 5.91 Å². The Bertz CT molecular complexity index is 661. The van der Waals surface area contributed by atoms with Gasteiger partial charge in [0.05, 0.1) is 43.6 Å². The molecule has 0 aliphatic carbocycles. The fourth-order valence-electron chi connectivity index (χ4n) is 2.37. The van der Waals surface area contributed by atoms with E-state index < -0.39 is 21.3 Å². The summed E-state index contributed by atoms with van der Waals surface area (Å²) in [6.07, 6.45) is 0.112. The summed E-state index contributed by atoms with van der Waals surface area (Å²) in [5.74, 6) is 0.620. The first kappa shape index (κ1) is 16.9. The van der Waals surface area contributed by atoms with E-state index in [1.165, 1.54) is 14.2 Å². The molecule has 2 rings (SSSR count). The summed E-state index contributed by atoms with van der Waals surface area (Å²) in [5.41, 5.74) is 0.738. The van der Waals surface area contributed by atoms with E-state index >= 15 is 0 Å². The van der Waals surface area contributed by atoms with E-state index in [1.54, 1.807) is 18.2 Å². The molecule has 1 N–H and O–H groups in total. The van der Waals surface area contributed by atoms with Gasteiger partial charge in [-0.3, -0.25) is 4.79 Å². The molecule has 6 nitrogen and oxygen atoms in total. The van der Waals surface area contributed by atoms with Crippen molar-refractivity contribution < 1.29 is 22.7 Å². The van der Waals surface area contributed by atoms with E-state index in [2.05, 4.69) is 5.32 Å². The Hall–Kier alpha value is -1.47. The molecule has 122 valence electrons. The molecule has 1 amide bonds. The molecule has 0 spiro atoms. The molecule has 1 aromatic rings. The van der Waals surface area contributed by atoms with Crippen molar-refractivity contribution in [2.75, 3.05) is 25.7 Å². The van der Waals surface area contributed by atoms with Gasteiger partial charge in [-0.1, -0.05) is 6.07 Å². The molecule has 2 unspecified atom stereocenters. The lowest BCUT2D eigenvalue weighted by Crippen LogP contribution is -2.41. The van der Waals surface area contributed by atoms with Gasteiger partial charge in [-0.05, 0) is 17.7 Å². The van der Waals surface area contributed by atoms with Crippen LogP contribution in [0.2, 0.25) is 0 Å². The number of methoxy groups -OCH3 is 2. The first-order valence-corrected chi connectivity index (χ1v) is 8.95. The average Bonchev–Trinajstić information content (AvgIpc) is 2.70. The van der Waals surface area contributed by atoms with Gasteiger partial charge in [-0.15, -0.1) is 11.6 Å². The predicted octanol–water partition coefficient (Wildman–Crippen LogP) is 0.767. The number of amides is 1. The van der Waals surface area contributed by atoms with Crippen LogP contribution in [0.4, 0.5) is 0 Å². The Morgan fingerprint density at radius 2 is 1.95 bits per heavy atom. The van der Waals surface area contributed by atoms with Crippen molar-refractivity contribution in [3.8, 4) is 11.5 Å². The minimum absolute atomic E-state index is 0.101. The zero-order valence-corrected chi connectivity index (χ0v) is 13.9. The fraction of sp³-hybridized carbons (Fsp3) is 0.500. The van der Waals surface area contributed by atoms with E-state index in [1.807, 2.05) is 0 Å². The lowest BCUT2D eigenvalue weighted by Gasteiger charge is -2.15. The van der Waals surface area contributed by atoms with Crippen molar-refractivity contribution in [2.45, 2.75) is 17.8 Å². The Morgan fingerprint density at radius 1 is 1.27 bits per heavy atom. The monoisotopic (exact) mass is 347 g/mol. The highest BCUT2D eigenvalue weighted by molar-refractivity contribution is 7.91. The first-order chi connectivity index (χ1) is 10.3. The van der Waals surface area contributed by atoms with Gasteiger partial charge >= 0.3 is 0 Å². The smallest absolute Gasteiger partial charge is 0.224 e. The van der Waals surface area contributed by atoms with Crippen molar-refractivity contribution >= 4 is 27.3 Å². The molecule has 8 heteroatoms. The minimum Gasteiger partial charge on any atom is -0.493 e. The molecule has 1 aliphatic rings. The van der Waals surface area contributed by atoms with Crippen LogP contribution < -0.4 is 14.8 Å². The van der Waals surface area contributed by atoms with Gasteiger partial charge in [-0.2, -0.15) is 0 Å². The Balaban J connectivity index is 2.01. The number of hydrogen-bond donors (Lipinski definition) is 1. The predicted molar refractivity (Wildman–Crippen MR) is 83.5 cm³/mol. The molecule has 22 heavy (non-hydrogen) atoms. The van der Waals surface area contributed by atoms with Gasteiger partial charge in [0, 0.05) is 0 Å². The van der Waals surface area contributed by atoms with Crippen LogP contribution in [0.5, 0.6) is 11.5 Å². The highest BCUT2D eigenvalue weighted by Crippen LogP contribution is 2.27. The summed E-state index contributed by atoms with van der Waals surface area (Å²) in [4.78, 5) is 12.0. The zero-order valence-electron chi connectivity index (χ0n) is 12.3. The quantitative estimate of drug-likeness (QED) is 0.795. The molecule has 1 aromatic carbocycles. The lowest BCUT2D eigenvalue weighted by atomic mass is 10.1. The van der Waals surface area contributed by atoms with Crippen LogP contribution in [0.1, 0.15) is 5.56 Å². The molecule has 1 saturated heterocycles. The third-order valence-electron chi connectivity index (χ3n) is 3.44. The molecular formula is C14H18ClNO5S. The maximum atomic E-state index is 12.0. The van der Waals surface area contributed by atoms with Crippen molar-refractivity contribution in [1.82, 2.24) is 5.32 Å². The largest absolute Gasteiger partial charge is 0.493 e. The second kappa shape index (κ2) is 6.75. The van der Waals surface area contributed by atoms with Crippen LogP contribution in [-0.4, -0.2) is 51.5 Å². The Morgan fingerprint density at radius 3 is 2.50 bits per heavy atom. The summed E-state index contributed by atoms with van der Waals surface area (Å²) in [5, 5.41) is 2.09. The molecule has 1 aliphatic heterocycles. The van der Waals surface area contributed by atoms with Crippen molar-refractivity contribution in [1.29, 1.82) is 0 Å². The second-order valence-corrected chi connectivity index (χ2v) is 7.85. The summed E-state index contributed by atoms with van der Waals surface area (Å²) >= 11 is 5.97. The van der Waals surface area contributed by atoms with Gasteiger partial charge in [0.15, 0.2) is 21.3 Å². The maximum absolute atomic E-state index is 12.0. The van der Waals surface area contributed by atoms with Gasteiger partial charge in [-0.25, -0.2) is 8.42 Å². The van der Waals surface area contributed by atoms with E-state index in [4.69, 9.17) is 21.1 Å². The number of sulfone groups is 1. The molecule has 0 radical (unpaired) electrons. The van der Waals surface area contributed by atoms with Crippen molar-refractivity contribution in [2.24, 2.45) is 0 Å². The minimum atomic E-state index is -3.17. The average molecular weight is 348 g/mol. The van der Waals surface area contributed by atoms with Crippen LogP contribution in [0.3, 0.4) is 0 Å². The Kier molecular flexibility index (Phi) is 5.18. The SMILES string of the molecule is COc1ccc(CC(=O)NC2CS(=O)(=O)CC2Cl)cc1OC. The summed E-state index contributed by atoms with van der Waals surface area (Å²) < 4.78 is 33.3. The number of ether oxygens (including phenoxy) is 2. The van der Waals surface area contributed by atoms with Crippen LogP contribution >= 0.6 is 11.6 Å². The second-order valence-electron chi connectivity index (χ2n) is 5.13. The van der Waals surface area contributed by atoms with Gasteiger partial charge in [0.25, 0.3) is 0 Å². The number of rotatable bonds is 5. The third kappa shape index (κ3) is 4.04. The van der Waals surface area contributed by atoms with Crippen molar-refractivity contribution in [3.63, 3.8) is 0 Å². The lowest BCUT2D eigenvalue weighted by molar-refractivity contribution is -0.120. The highest BCUT2D eigenvalue weighted by atomic mass is 35.5. The molecule has 2 atom stereocenters. The molecule has 1 fully saturated rings. The zero-order chi connectivity index (χ0) is 16.3. The molecule has 0 saturated carbocycles. The third-order valence-corrected chi connectivity index (χ3v) is 5.82. The van der Waals surface area contributed by atoms with Crippen LogP contribution in [0.25, 0.3) is 0 Å². The standard InChI is InChI=1S/C14H18ClNO5S/c1-20-12-4-3-9(5-13(12)21-2)6-14(17)16-11-8-22(18,19)7-10(11)15/h3-5,10-11H,6-8H2,1-2H3,(H,16,17). The van der Waals surface area contributed by atoms with Gasteiger partial charge in [0.1, 0.15) is 0 Å². The van der Waals surface area contributed by atoms with Gasteiger partial charge < -0.3 is 14.8 Å². The number of carbonyl (C=O) groups excluding carboxylic acids is 1. The molecule has 1 heterocycles. The molecule has 0 aromatic heterocycles. The Labute approximate surface area is 134 Å². The number of halogens is 1. The molecular weight excluding hydrogens is 330 g/mol. The van der Waals surface area contributed by atoms with E-state index in [0.717, 1.165) is 5.56 Å². The molecule has 0 bridgehead atoms. The topological polar surface area (TPSA) is 81.7 Å². The summed E-state index contributed by atoms with van der Waals surface area (Å²) in [6.45, 7) is 0. The highest BCUT2D eigenvalue weighted by Gasteiger charge is 2.37. The number of nitrogens with one attached hydrogen (secondary N) is 1. The van der Waals surface area contributed by atoms with E-state index in [-0.39, 0.29) is 23.8 Å². The fourth-order valence-corrected chi connectivity index (χ4v) is 4.92. The van der Waals surface area contributed by atoms with Crippen LogP contribution in [-0.2, 0) is 21.1 Å². The summed E-state index contributed by atoms with van der Waals surface area (Å²) in [7, 11) is -0.116. The van der Waals surface area contributed by atoms with Crippen LogP contribution in [0, 0.1) is 0 Å². The normalized spacial score (nSPS) is 23.0. The number of hydrogen-bond acceptors (Lipinski definition) is 5. The summed E-state index contributed by atoms with van der Waals surface area (Å²) in [6, 6.07) is 4.64. The first-order valence-electron chi connectivity index (χ1n) is 6.69. The van der Waals surface area contributed by atoms with Crippen molar-refractivity contribution in [3.05, 3.63) is 23.8 Å². The van der Waals surface area contributed by atoms with E-state index in [9.17, 15) is 13.2 Å². The number of benzene rings is 1. The maximum Gasteiger partial charge on any atom is 0.224 e. The number of carbonyl (C=O) groups is 1. The number of alkyl halides is 1.